The van der Waals surface area contributed by atoms with Crippen molar-refractivity contribution in [2.45, 2.75) is 0 Å². The van der Waals surface area contributed by atoms with Crippen LogP contribution in [0.3, 0.4) is 0 Å². The number of nitrogens with one attached hydrogen (secondary N) is 1. The van der Waals surface area contributed by atoms with E-state index < -0.39 is 0 Å². The summed E-state index contributed by atoms with van der Waals surface area (Å²) in [4.78, 5) is 11.7. The predicted octanol–water partition coefficient (Wildman–Crippen LogP) is 2.31. The van der Waals surface area contributed by atoms with E-state index in [0.717, 1.165) is 5.13 Å². The number of nitrogens with zero attached hydrogens (tertiary/aromatic N) is 4. The summed E-state index contributed by atoms with van der Waals surface area (Å²) in [7, 11) is 0. The molecule has 0 fully saturated rings. The molecular formula is C10H10N6S3. The fourth-order valence-corrected chi connectivity index (χ4v) is 2.23. The maximum Gasteiger partial charge on any atom is 0.188 e. The van der Waals surface area contributed by atoms with Crippen LogP contribution in [0.15, 0.2) is 41.9 Å². The summed E-state index contributed by atoms with van der Waals surface area (Å²) in [6.45, 7) is 0. The van der Waals surface area contributed by atoms with Crippen LogP contribution < -0.4 is 11.1 Å². The molecule has 3 aromatic heterocycles. The van der Waals surface area contributed by atoms with E-state index in [0.29, 0.717) is 10.2 Å². The predicted molar refractivity (Wildman–Crippen MR) is 82.5 cm³/mol. The Morgan fingerprint density at radius 3 is 2.47 bits per heavy atom. The number of rotatable bonds is 1. The maximum absolute atomic E-state index is 5.19. The van der Waals surface area contributed by atoms with Gasteiger partial charge in [0, 0.05) is 35.5 Å². The second kappa shape index (κ2) is 6.92. The number of aromatic nitrogens is 4. The van der Waals surface area contributed by atoms with Crippen LogP contribution >= 0.6 is 34.9 Å². The van der Waals surface area contributed by atoms with Crippen molar-refractivity contribution in [3.8, 4) is 0 Å². The molecule has 3 aromatic rings. The summed E-state index contributed by atoms with van der Waals surface area (Å²) in [5, 5.41) is 8.72. The third-order valence-corrected chi connectivity index (χ3v) is 3.44. The molecule has 0 bridgehead atoms. The van der Waals surface area contributed by atoms with E-state index in [2.05, 4.69) is 20.3 Å². The SMILES string of the molecule is Nc1nccs1.S=C(Nc1nccs1)n1ccnc1. The zero-order valence-corrected chi connectivity index (χ0v) is 12.1. The summed E-state index contributed by atoms with van der Waals surface area (Å²) in [6, 6.07) is 0. The number of imidazole rings is 1. The quantitative estimate of drug-likeness (QED) is 0.671. The van der Waals surface area contributed by atoms with Crippen molar-refractivity contribution in [3.63, 3.8) is 0 Å². The van der Waals surface area contributed by atoms with Gasteiger partial charge < -0.3 is 11.1 Å². The van der Waals surface area contributed by atoms with Gasteiger partial charge in [0.05, 0.1) is 0 Å². The number of anilines is 2. The number of hydrogen-bond acceptors (Lipinski definition) is 7. The number of nitrogen functional groups attached to an aromatic ring is 1. The van der Waals surface area contributed by atoms with Crippen LogP contribution in [0.1, 0.15) is 0 Å². The van der Waals surface area contributed by atoms with Crippen molar-refractivity contribution in [2.24, 2.45) is 0 Å². The Bertz CT molecular complexity index is 587. The monoisotopic (exact) mass is 310 g/mol. The summed E-state index contributed by atoms with van der Waals surface area (Å²) in [5.41, 5.74) is 5.19. The van der Waals surface area contributed by atoms with E-state index in [1.165, 1.54) is 22.7 Å². The second-order valence-corrected chi connectivity index (χ2v) is 5.32. The highest BCUT2D eigenvalue weighted by Crippen LogP contribution is 2.10. The Hall–Kier alpha value is -1.84. The first-order valence-electron chi connectivity index (χ1n) is 5.09. The number of thiazole rings is 2. The molecule has 0 aliphatic rings. The molecule has 0 aromatic carbocycles. The third-order valence-electron chi connectivity index (χ3n) is 1.84. The Balaban J connectivity index is 0.000000186. The van der Waals surface area contributed by atoms with Crippen molar-refractivity contribution in [1.29, 1.82) is 0 Å². The van der Waals surface area contributed by atoms with E-state index in [9.17, 15) is 0 Å². The van der Waals surface area contributed by atoms with E-state index in [1.807, 2.05) is 10.8 Å². The van der Waals surface area contributed by atoms with Crippen LogP contribution in [-0.4, -0.2) is 24.6 Å². The standard InChI is InChI=1S/C7H6N4S2.C3H4N2S/c12-7(11-3-1-8-5-11)10-6-9-2-4-13-6;4-3-5-1-2-6-3/h1-5H,(H,9,10,12);1-2H,(H2,4,5). The second-order valence-electron chi connectivity index (χ2n) is 3.11. The molecule has 0 amide bonds. The zero-order chi connectivity index (χ0) is 13.5. The molecule has 0 radical (unpaired) electrons. The molecule has 0 saturated heterocycles. The van der Waals surface area contributed by atoms with Gasteiger partial charge in [-0.15, -0.1) is 22.7 Å². The molecule has 3 heterocycles. The average Bonchev–Trinajstić information content (AvgIpc) is 3.12. The molecular weight excluding hydrogens is 300 g/mol. The highest BCUT2D eigenvalue weighted by molar-refractivity contribution is 7.80. The van der Waals surface area contributed by atoms with Gasteiger partial charge in [-0.25, -0.2) is 15.0 Å². The lowest BCUT2D eigenvalue weighted by atomic mass is 10.8. The number of nitrogens with two attached hydrogens (primary N) is 1. The summed E-state index contributed by atoms with van der Waals surface area (Å²) < 4.78 is 1.72. The first kappa shape index (κ1) is 13.6. The lowest BCUT2D eigenvalue weighted by Crippen LogP contribution is -2.17. The summed E-state index contributed by atoms with van der Waals surface area (Å²) >= 11 is 8.05. The van der Waals surface area contributed by atoms with Gasteiger partial charge in [0.25, 0.3) is 0 Å². The molecule has 0 aliphatic carbocycles. The minimum atomic E-state index is 0.576. The van der Waals surface area contributed by atoms with Crippen molar-refractivity contribution >= 4 is 50.3 Å². The Morgan fingerprint density at radius 1 is 1.21 bits per heavy atom. The molecule has 6 nitrogen and oxygen atoms in total. The normalized spacial score (nSPS) is 9.47. The van der Waals surface area contributed by atoms with E-state index >= 15 is 0 Å². The molecule has 9 heteroatoms. The Kier molecular flexibility index (Phi) is 4.95. The van der Waals surface area contributed by atoms with Crippen LogP contribution in [0.5, 0.6) is 0 Å². The average molecular weight is 310 g/mol. The first-order valence-corrected chi connectivity index (χ1v) is 7.26. The van der Waals surface area contributed by atoms with Crippen LogP contribution in [0, 0.1) is 0 Å². The van der Waals surface area contributed by atoms with Gasteiger partial charge in [-0.1, -0.05) is 0 Å². The minimum Gasteiger partial charge on any atom is -0.375 e. The molecule has 0 spiro atoms. The van der Waals surface area contributed by atoms with Gasteiger partial charge in [0.1, 0.15) is 6.33 Å². The molecule has 98 valence electrons. The fourth-order valence-electron chi connectivity index (χ4n) is 1.05. The van der Waals surface area contributed by atoms with Crippen LogP contribution in [0.2, 0.25) is 0 Å². The van der Waals surface area contributed by atoms with Crippen LogP contribution in [0.25, 0.3) is 0 Å². The smallest absolute Gasteiger partial charge is 0.188 e. The van der Waals surface area contributed by atoms with Gasteiger partial charge >= 0.3 is 0 Å². The molecule has 19 heavy (non-hydrogen) atoms. The van der Waals surface area contributed by atoms with Gasteiger partial charge in [-0.2, -0.15) is 0 Å². The van der Waals surface area contributed by atoms with Crippen LogP contribution in [0.4, 0.5) is 10.3 Å². The molecule has 0 atom stereocenters. The van der Waals surface area contributed by atoms with Gasteiger partial charge in [0.15, 0.2) is 15.4 Å². The lowest BCUT2D eigenvalue weighted by molar-refractivity contribution is 1.15. The maximum atomic E-state index is 5.19. The largest absolute Gasteiger partial charge is 0.375 e. The van der Waals surface area contributed by atoms with Crippen molar-refractivity contribution in [1.82, 2.24) is 19.5 Å². The number of thiocarbonyl (C=S) groups is 1. The topological polar surface area (TPSA) is 81.6 Å². The molecule has 3 rings (SSSR count). The molecule has 0 aliphatic heterocycles. The summed E-state index contributed by atoms with van der Waals surface area (Å²) in [5.74, 6) is 0. The van der Waals surface area contributed by atoms with Gasteiger partial charge in [0.2, 0.25) is 0 Å². The first-order chi connectivity index (χ1) is 9.25. The zero-order valence-electron chi connectivity index (χ0n) is 9.63. The number of hydrogen-bond donors (Lipinski definition) is 2. The highest BCUT2D eigenvalue weighted by Gasteiger charge is 2.00. The Labute approximate surface area is 123 Å². The lowest BCUT2D eigenvalue weighted by Gasteiger charge is -2.03. The molecule has 0 saturated carbocycles. The van der Waals surface area contributed by atoms with E-state index in [-0.39, 0.29) is 0 Å². The molecule has 3 N–H and O–H groups in total. The molecule has 0 unspecified atom stereocenters. The third kappa shape index (κ3) is 4.39. The fraction of sp³-hybridized carbons (Fsp3) is 0. The van der Waals surface area contributed by atoms with E-state index in [1.54, 1.807) is 35.7 Å². The van der Waals surface area contributed by atoms with E-state index in [4.69, 9.17) is 18.0 Å². The Morgan fingerprint density at radius 2 is 2.00 bits per heavy atom. The van der Waals surface area contributed by atoms with Crippen molar-refractivity contribution in [3.05, 3.63) is 41.9 Å². The minimum absolute atomic E-state index is 0.576. The van der Waals surface area contributed by atoms with Gasteiger partial charge in [-0.05, 0) is 12.2 Å². The summed E-state index contributed by atoms with van der Waals surface area (Å²) in [6.07, 6.45) is 8.51. The van der Waals surface area contributed by atoms with Crippen molar-refractivity contribution < 1.29 is 0 Å². The highest BCUT2D eigenvalue weighted by atomic mass is 32.1. The van der Waals surface area contributed by atoms with Crippen molar-refractivity contribution in [2.75, 3.05) is 11.1 Å². The van der Waals surface area contributed by atoms with Crippen LogP contribution in [-0.2, 0) is 0 Å². The van der Waals surface area contributed by atoms with Gasteiger partial charge in [-0.3, -0.25) is 4.57 Å².